The predicted octanol–water partition coefficient (Wildman–Crippen LogP) is 4.52. The Kier molecular flexibility index (Phi) is 2.99. The second-order valence-electron chi connectivity index (χ2n) is 2.76. The van der Waals surface area contributed by atoms with Crippen molar-refractivity contribution < 1.29 is 4.42 Å². The van der Waals surface area contributed by atoms with Crippen molar-refractivity contribution in [3.8, 4) is 0 Å². The molecule has 2 rings (SSSR count). The van der Waals surface area contributed by atoms with Gasteiger partial charge in [-0.05, 0) is 28.1 Å². The van der Waals surface area contributed by atoms with E-state index in [1.54, 1.807) is 12.1 Å². The highest BCUT2D eigenvalue weighted by molar-refractivity contribution is 9.10. The molecule has 0 saturated carbocycles. The number of hydrogen-bond acceptors (Lipinski definition) is 2. The molecule has 0 unspecified atom stereocenters. The molecule has 1 aromatic heterocycles. The van der Waals surface area contributed by atoms with Crippen LogP contribution in [0, 0.1) is 0 Å². The molecule has 1 heterocycles. The predicted molar refractivity (Wildman–Crippen MR) is 65.2 cm³/mol. The molecule has 0 aliphatic carbocycles. The summed E-state index contributed by atoms with van der Waals surface area (Å²) in [4.78, 5) is 11.3. The highest BCUT2D eigenvalue weighted by Crippen LogP contribution is 2.35. The molecule has 0 radical (unpaired) electrons. The van der Waals surface area contributed by atoms with Gasteiger partial charge in [-0.1, -0.05) is 34.8 Å². The summed E-state index contributed by atoms with van der Waals surface area (Å²) in [6.45, 7) is 0. The van der Waals surface area contributed by atoms with E-state index in [0.717, 1.165) is 0 Å². The Morgan fingerprint density at radius 1 is 1.13 bits per heavy atom. The van der Waals surface area contributed by atoms with Crippen molar-refractivity contribution in [2.24, 2.45) is 0 Å². The third-order valence-electron chi connectivity index (χ3n) is 1.85. The number of benzene rings is 1. The molecule has 0 bridgehead atoms. The van der Waals surface area contributed by atoms with Crippen LogP contribution in [-0.2, 0) is 0 Å². The Labute approximate surface area is 108 Å². The van der Waals surface area contributed by atoms with Gasteiger partial charge in [-0.2, -0.15) is 0 Å². The molecule has 2 aromatic rings. The van der Waals surface area contributed by atoms with Crippen LogP contribution in [0.4, 0.5) is 0 Å². The Bertz CT molecular complexity index is 606. The minimum Gasteiger partial charge on any atom is -0.420 e. The second-order valence-corrected chi connectivity index (χ2v) is 4.71. The van der Waals surface area contributed by atoms with E-state index in [-0.39, 0.29) is 20.1 Å². The fourth-order valence-electron chi connectivity index (χ4n) is 1.15. The lowest BCUT2D eigenvalue weighted by atomic mass is 10.2. The summed E-state index contributed by atoms with van der Waals surface area (Å²) in [6, 6.07) is 3.23. The molecule has 0 saturated heterocycles. The molecule has 0 atom stereocenters. The minimum atomic E-state index is -0.586. The van der Waals surface area contributed by atoms with Crippen LogP contribution in [0.5, 0.6) is 0 Å². The molecule has 0 N–H and O–H groups in total. The first kappa shape index (κ1) is 11.3. The number of rotatable bonds is 0. The molecule has 0 aliphatic rings. The van der Waals surface area contributed by atoms with Crippen LogP contribution in [0.1, 0.15) is 0 Å². The molecular weight excluding hydrogens is 326 g/mol. The van der Waals surface area contributed by atoms with E-state index in [9.17, 15) is 4.79 Å². The van der Waals surface area contributed by atoms with E-state index in [1.165, 1.54) is 0 Å². The monoisotopic (exact) mass is 326 g/mol. The maximum Gasteiger partial charge on any atom is 0.352 e. The quantitative estimate of drug-likeness (QED) is 0.666. The minimum absolute atomic E-state index is 0.176. The van der Waals surface area contributed by atoms with E-state index in [4.69, 9.17) is 39.2 Å². The van der Waals surface area contributed by atoms with E-state index < -0.39 is 5.63 Å². The van der Waals surface area contributed by atoms with Gasteiger partial charge in [-0.25, -0.2) is 4.79 Å². The summed E-state index contributed by atoms with van der Waals surface area (Å²) in [7, 11) is 0. The fourth-order valence-corrected chi connectivity index (χ4v) is 2.02. The van der Waals surface area contributed by atoms with Gasteiger partial charge < -0.3 is 4.42 Å². The van der Waals surface area contributed by atoms with Crippen molar-refractivity contribution in [2.75, 3.05) is 0 Å². The van der Waals surface area contributed by atoms with Crippen LogP contribution in [0.2, 0.25) is 15.1 Å². The summed E-state index contributed by atoms with van der Waals surface area (Å²) >= 11 is 20.6. The first-order valence-electron chi connectivity index (χ1n) is 3.78. The van der Waals surface area contributed by atoms with Crippen LogP contribution in [-0.4, -0.2) is 0 Å². The van der Waals surface area contributed by atoms with Crippen molar-refractivity contribution in [1.29, 1.82) is 0 Å². The molecule has 0 aliphatic heterocycles. The van der Waals surface area contributed by atoms with Crippen LogP contribution >= 0.6 is 50.7 Å². The fraction of sp³-hybridized carbons (Fsp3) is 0. The van der Waals surface area contributed by atoms with Crippen molar-refractivity contribution in [3.63, 3.8) is 0 Å². The largest absolute Gasteiger partial charge is 0.420 e. The Balaban J connectivity index is 3.05. The van der Waals surface area contributed by atoms with Gasteiger partial charge in [-0.3, -0.25) is 0 Å². The van der Waals surface area contributed by atoms with Crippen LogP contribution in [0.3, 0.4) is 0 Å². The first-order chi connectivity index (χ1) is 7.02. The molecule has 15 heavy (non-hydrogen) atoms. The molecule has 1 aromatic carbocycles. The van der Waals surface area contributed by atoms with E-state index in [0.29, 0.717) is 10.4 Å². The van der Waals surface area contributed by atoms with Gasteiger partial charge in [0.1, 0.15) is 9.50 Å². The van der Waals surface area contributed by atoms with Gasteiger partial charge in [0.2, 0.25) is 0 Å². The SMILES string of the molecule is O=c1oc2c(Cl)c(Cl)ccc2c(Cl)c1Br. The summed E-state index contributed by atoms with van der Waals surface area (Å²) < 4.78 is 5.16. The number of hydrogen-bond donors (Lipinski definition) is 0. The lowest BCUT2D eigenvalue weighted by Gasteiger charge is -2.03. The lowest BCUT2D eigenvalue weighted by molar-refractivity contribution is 0.557. The third kappa shape index (κ3) is 1.78. The van der Waals surface area contributed by atoms with Crippen LogP contribution in [0.25, 0.3) is 11.0 Å². The molecule has 6 heteroatoms. The van der Waals surface area contributed by atoms with Crippen molar-refractivity contribution in [3.05, 3.63) is 42.1 Å². The molecule has 0 amide bonds. The normalized spacial score (nSPS) is 10.9. The maximum absolute atomic E-state index is 11.3. The summed E-state index contributed by atoms with van der Waals surface area (Å²) in [5, 5.41) is 1.30. The van der Waals surface area contributed by atoms with Gasteiger partial charge >= 0.3 is 5.63 Å². The second kappa shape index (κ2) is 3.98. The van der Waals surface area contributed by atoms with Gasteiger partial charge in [0.25, 0.3) is 0 Å². The smallest absolute Gasteiger partial charge is 0.352 e. The van der Waals surface area contributed by atoms with Crippen LogP contribution < -0.4 is 5.63 Å². The molecule has 78 valence electrons. The molecule has 0 fully saturated rings. The van der Waals surface area contributed by atoms with Gasteiger partial charge in [-0.15, -0.1) is 0 Å². The standard InChI is InChI=1S/C9H2BrCl3O2/c10-5-6(12)3-1-2-4(11)7(13)8(3)15-9(5)14/h1-2H. The van der Waals surface area contributed by atoms with Gasteiger partial charge in [0.05, 0.1) is 10.0 Å². The van der Waals surface area contributed by atoms with Gasteiger partial charge in [0.15, 0.2) is 5.58 Å². The first-order valence-corrected chi connectivity index (χ1v) is 5.71. The van der Waals surface area contributed by atoms with Crippen LogP contribution in [0.15, 0.2) is 25.8 Å². The van der Waals surface area contributed by atoms with E-state index in [2.05, 4.69) is 15.9 Å². The summed E-state index contributed by atoms with van der Waals surface area (Å²) in [5.41, 5.74) is -0.390. The highest BCUT2D eigenvalue weighted by Gasteiger charge is 2.14. The van der Waals surface area contributed by atoms with Crippen molar-refractivity contribution in [1.82, 2.24) is 0 Å². The Morgan fingerprint density at radius 3 is 2.47 bits per heavy atom. The van der Waals surface area contributed by atoms with E-state index >= 15 is 0 Å². The van der Waals surface area contributed by atoms with E-state index in [1.807, 2.05) is 0 Å². The van der Waals surface area contributed by atoms with Gasteiger partial charge in [0, 0.05) is 5.39 Å². The molecule has 0 spiro atoms. The van der Waals surface area contributed by atoms with Crippen molar-refractivity contribution >= 4 is 61.7 Å². The Morgan fingerprint density at radius 2 is 1.80 bits per heavy atom. The zero-order chi connectivity index (χ0) is 11.2. The average molecular weight is 328 g/mol. The average Bonchev–Trinajstić information content (AvgIpc) is 2.21. The lowest BCUT2D eigenvalue weighted by Crippen LogP contribution is -2.00. The zero-order valence-corrected chi connectivity index (χ0v) is 10.8. The summed E-state index contributed by atoms with van der Waals surface area (Å²) in [5.74, 6) is 0. The zero-order valence-electron chi connectivity index (χ0n) is 6.98. The van der Waals surface area contributed by atoms with Crippen molar-refractivity contribution in [2.45, 2.75) is 0 Å². The number of halogens is 4. The molecular formula is C9H2BrCl3O2. The Hall–Kier alpha value is -0.220. The molecule has 2 nitrogen and oxygen atoms in total. The third-order valence-corrected chi connectivity index (χ3v) is 3.98. The maximum atomic E-state index is 11.3. The number of fused-ring (bicyclic) bond motifs is 1. The topological polar surface area (TPSA) is 30.2 Å². The summed E-state index contributed by atoms with van der Waals surface area (Å²) in [6.07, 6.45) is 0. The highest BCUT2D eigenvalue weighted by atomic mass is 79.9.